The number of alkyl halides is 1. The van der Waals surface area contributed by atoms with Gasteiger partial charge in [0.15, 0.2) is 11.9 Å². The maximum absolute atomic E-state index is 15.0. The van der Waals surface area contributed by atoms with Crippen LogP contribution in [0.25, 0.3) is 10.8 Å². The average Bonchev–Trinajstić information content (AvgIpc) is 3.72. The van der Waals surface area contributed by atoms with Crippen LogP contribution in [0.4, 0.5) is 14.6 Å². The first-order valence-electron chi connectivity index (χ1n) is 17.5. The first kappa shape index (κ1) is 34.8. The first-order chi connectivity index (χ1) is 24.6. The van der Waals surface area contributed by atoms with Gasteiger partial charge < -0.3 is 33.9 Å². The number of aromatic nitrogens is 2. The number of likely N-dealkylation sites (N-methyl/N-ethyl adjacent to an activating group) is 1. The van der Waals surface area contributed by atoms with E-state index in [0.29, 0.717) is 61.4 Å². The number of phenols is 1. The molecule has 1 N–H and O–H groups in total. The molecule has 4 aliphatic rings. The number of phenolic OH excluding ortho intramolecular Hbond substituents is 1. The van der Waals surface area contributed by atoms with Gasteiger partial charge in [-0.3, -0.25) is 9.69 Å². The van der Waals surface area contributed by atoms with Crippen molar-refractivity contribution >= 4 is 22.5 Å². The number of hydrogen-bond donors (Lipinski definition) is 1. The predicted octanol–water partition coefficient (Wildman–Crippen LogP) is 4.94. The Labute approximate surface area is 296 Å². The summed E-state index contributed by atoms with van der Waals surface area (Å²) in [6.45, 7) is 8.44. The molecule has 13 heteroatoms. The Bertz CT molecular complexity index is 1860. The smallest absolute Gasteiger partial charge is 0.322 e. The van der Waals surface area contributed by atoms with Crippen molar-refractivity contribution in [1.29, 1.82) is 0 Å². The number of rotatable bonds is 9. The van der Waals surface area contributed by atoms with E-state index >= 15 is 0 Å². The van der Waals surface area contributed by atoms with Crippen molar-refractivity contribution in [2.75, 3.05) is 58.0 Å². The minimum atomic E-state index is -0.993. The van der Waals surface area contributed by atoms with Crippen LogP contribution in [-0.2, 0) is 9.53 Å². The van der Waals surface area contributed by atoms with Crippen molar-refractivity contribution in [2.24, 2.45) is 0 Å². The molecule has 11 nitrogen and oxygen atoms in total. The highest BCUT2D eigenvalue weighted by molar-refractivity contribution is 5.93. The molecule has 7 rings (SSSR count). The highest BCUT2D eigenvalue weighted by atomic mass is 19.1. The molecule has 1 aromatic heterocycles. The monoisotopic (exact) mass is 703 g/mol. The zero-order valence-corrected chi connectivity index (χ0v) is 28.9. The Balaban J connectivity index is 1.23. The number of ether oxygens (including phenoxy) is 4. The zero-order valence-electron chi connectivity index (χ0n) is 28.9. The summed E-state index contributed by atoms with van der Waals surface area (Å²) in [6.07, 6.45) is 8.86. The van der Waals surface area contributed by atoms with Crippen LogP contribution in [0, 0.1) is 18.2 Å². The number of aromatic hydroxyl groups is 1. The van der Waals surface area contributed by atoms with Crippen molar-refractivity contribution in [1.82, 2.24) is 19.8 Å². The van der Waals surface area contributed by atoms with Crippen molar-refractivity contribution < 1.29 is 37.6 Å². The molecule has 0 saturated carbocycles. The van der Waals surface area contributed by atoms with Crippen molar-refractivity contribution in [3.8, 4) is 35.7 Å². The van der Waals surface area contributed by atoms with Crippen molar-refractivity contribution in [2.45, 2.75) is 68.9 Å². The fourth-order valence-corrected chi connectivity index (χ4v) is 8.14. The van der Waals surface area contributed by atoms with Gasteiger partial charge in [-0.1, -0.05) is 18.6 Å². The highest BCUT2D eigenvalue weighted by Crippen LogP contribution is 2.45. The summed E-state index contributed by atoms with van der Waals surface area (Å²) in [5.74, 6) is 2.44. The number of nitrogens with zero attached hydrogens (tertiary/aromatic N) is 5. The van der Waals surface area contributed by atoms with Crippen LogP contribution in [0.3, 0.4) is 0 Å². The molecule has 0 aliphatic carbocycles. The molecule has 2 aromatic carbocycles. The van der Waals surface area contributed by atoms with E-state index in [9.17, 15) is 18.7 Å². The third kappa shape index (κ3) is 6.74. The van der Waals surface area contributed by atoms with Crippen LogP contribution < -0.4 is 19.1 Å². The maximum atomic E-state index is 15.0. The molecular formula is C38H43F2N5O6. The SMILES string of the molecule is C#Cc1c(F)ccc2cc(O)cc(C3COc4c(nc(OC[C@]5(C)C[C@@H](F)CN5C5CCOCC5)nc4N(C)C[C@@H]4CCCN4C(=O)C=C)O3)c12. The van der Waals surface area contributed by atoms with Gasteiger partial charge in [-0.15, -0.1) is 6.42 Å². The summed E-state index contributed by atoms with van der Waals surface area (Å²) in [5, 5.41) is 11.6. The Morgan fingerprint density at radius 3 is 2.84 bits per heavy atom. The van der Waals surface area contributed by atoms with E-state index in [1.807, 2.05) is 18.9 Å². The third-order valence-electron chi connectivity index (χ3n) is 10.6. The average molecular weight is 704 g/mol. The quantitative estimate of drug-likeness (QED) is 0.243. The summed E-state index contributed by atoms with van der Waals surface area (Å²) >= 11 is 0. The van der Waals surface area contributed by atoms with Gasteiger partial charge in [-0.05, 0) is 62.3 Å². The van der Waals surface area contributed by atoms with Gasteiger partial charge in [0.1, 0.15) is 31.0 Å². The minimum absolute atomic E-state index is 0.0110. The molecule has 1 unspecified atom stereocenters. The molecule has 5 heterocycles. The van der Waals surface area contributed by atoms with Gasteiger partial charge >= 0.3 is 6.01 Å². The number of amides is 1. The van der Waals surface area contributed by atoms with Crippen molar-refractivity contribution in [3.05, 3.63) is 53.9 Å². The number of anilines is 1. The third-order valence-corrected chi connectivity index (χ3v) is 10.6. The molecule has 270 valence electrons. The van der Waals surface area contributed by atoms with Gasteiger partial charge in [-0.25, -0.2) is 8.78 Å². The standard InChI is InChI=1S/C38H43F2N5O6/c1-5-28-30(40)10-9-23-16-27(46)17-29(33(23)28)31-21-49-34-35(43(4)20-26-8-7-13-44(26)32(47)6-2)41-37(42-36(34)51-31)50-22-38(3)18-24(39)19-45(38)25-11-14-48-15-12-25/h1,6,9-10,16-17,24-26,31,46H,2,7-8,11-15,18-22H2,3-4H3/t24-,26+,31?,38+/m1/s1. The van der Waals surface area contributed by atoms with E-state index in [-0.39, 0.29) is 60.2 Å². The normalized spacial score (nSPS) is 25.2. The molecule has 0 radical (unpaired) electrons. The molecule has 4 atom stereocenters. The molecule has 3 saturated heterocycles. The molecule has 51 heavy (non-hydrogen) atoms. The van der Waals surface area contributed by atoms with E-state index < -0.39 is 23.6 Å². The first-order valence-corrected chi connectivity index (χ1v) is 17.5. The number of carbonyl (C=O) groups is 1. The van der Waals surface area contributed by atoms with E-state index in [0.717, 1.165) is 25.7 Å². The number of hydrogen-bond acceptors (Lipinski definition) is 10. The number of likely N-dealkylation sites (tertiary alicyclic amines) is 2. The molecule has 3 fully saturated rings. The minimum Gasteiger partial charge on any atom is -0.508 e. The Kier molecular flexibility index (Phi) is 9.65. The Morgan fingerprint density at radius 1 is 1.27 bits per heavy atom. The lowest BCUT2D eigenvalue weighted by molar-refractivity contribution is -0.126. The summed E-state index contributed by atoms with van der Waals surface area (Å²) in [5.41, 5.74) is -0.134. The number of halogens is 2. The van der Waals surface area contributed by atoms with E-state index in [1.54, 1.807) is 11.0 Å². The lowest BCUT2D eigenvalue weighted by atomic mass is 9.95. The van der Waals surface area contributed by atoms with Crippen LogP contribution in [0.5, 0.6) is 23.4 Å². The second-order valence-electron chi connectivity index (χ2n) is 14.1. The van der Waals surface area contributed by atoms with Gasteiger partial charge in [0, 0.05) is 69.3 Å². The van der Waals surface area contributed by atoms with E-state index in [2.05, 4.69) is 22.4 Å². The Morgan fingerprint density at radius 2 is 2.08 bits per heavy atom. The Hall–Kier alpha value is -4.67. The predicted molar refractivity (Wildman–Crippen MR) is 187 cm³/mol. The second-order valence-corrected chi connectivity index (χ2v) is 14.1. The number of terminal acetylenes is 1. The fourth-order valence-electron chi connectivity index (χ4n) is 8.14. The lowest BCUT2D eigenvalue weighted by Gasteiger charge is -2.41. The number of fused-ring (bicyclic) bond motifs is 2. The summed E-state index contributed by atoms with van der Waals surface area (Å²) in [6, 6.07) is 5.91. The number of carbonyl (C=O) groups excluding carboxylic acids is 1. The molecule has 0 bridgehead atoms. The van der Waals surface area contributed by atoms with Gasteiger partial charge in [0.05, 0.1) is 11.1 Å². The molecule has 1 amide bonds. The second kappa shape index (κ2) is 14.2. The molecular weight excluding hydrogens is 660 g/mol. The summed E-state index contributed by atoms with van der Waals surface area (Å²) in [4.78, 5) is 27.9. The molecule has 3 aromatic rings. The van der Waals surface area contributed by atoms with Crippen LogP contribution in [0.15, 0.2) is 36.9 Å². The maximum Gasteiger partial charge on any atom is 0.322 e. The van der Waals surface area contributed by atoms with Gasteiger partial charge in [0.2, 0.25) is 11.7 Å². The van der Waals surface area contributed by atoms with E-state index in [1.165, 1.54) is 24.3 Å². The van der Waals surface area contributed by atoms with Crippen LogP contribution in [-0.4, -0.2) is 108 Å². The fraction of sp³-hybridized carbons (Fsp3) is 0.500. The van der Waals surface area contributed by atoms with Crippen LogP contribution in [0.1, 0.15) is 56.3 Å². The lowest BCUT2D eigenvalue weighted by Crippen LogP contribution is -2.52. The number of benzene rings is 2. The topological polar surface area (TPSA) is 110 Å². The molecule has 0 spiro atoms. The van der Waals surface area contributed by atoms with Gasteiger partial charge in [0.25, 0.3) is 5.88 Å². The van der Waals surface area contributed by atoms with E-state index in [4.69, 9.17) is 30.4 Å². The zero-order chi connectivity index (χ0) is 35.9. The van der Waals surface area contributed by atoms with Crippen molar-refractivity contribution in [3.63, 3.8) is 0 Å². The largest absolute Gasteiger partial charge is 0.508 e. The van der Waals surface area contributed by atoms with Crippen LogP contribution in [0.2, 0.25) is 0 Å². The summed E-state index contributed by atoms with van der Waals surface area (Å²) < 4.78 is 54.6. The highest BCUT2D eigenvalue weighted by Gasteiger charge is 2.46. The van der Waals surface area contributed by atoms with Crippen LogP contribution >= 0.6 is 0 Å². The molecule has 4 aliphatic heterocycles. The van der Waals surface area contributed by atoms with Gasteiger partial charge in [-0.2, -0.15) is 9.97 Å². The summed E-state index contributed by atoms with van der Waals surface area (Å²) in [7, 11) is 1.85.